The zero-order valence-corrected chi connectivity index (χ0v) is 11.1. The van der Waals surface area contributed by atoms with Gasteiger partial charge in [0.1, 0.15) is 0 Å². The number of nitro groups is 1. The molecule has 1 aromatic rings. The van der Waals surface area contributed by atoms with Gasteiger partial charge < -0.3 is 10.4 Å². The summed E-state index contributed by atoms with van der Waals surface area (Å²) in [6, 6.07) is 1.01. The fourth-order valence-corrected chi connectivity index (χ4v) is 1.29. The Morgan fingerprint density at radius 2 is 2.21 bits per heavy atom. The van der Waals surface area contributed by atoms with E-state index in [0.29, 0.717) is 6.54 Å². The van der Waals surface area contributed by atoms with Crippen molar-refractivity contribution in [1.82, 2.24) is 4.98 Å². The van der Waals surface area contributed by atoms with E-state index in [1.54, 1.807) is 0 Å². The molecular weight excluding hydrogens is 250 g/mol. The Bertz CT molecular complexity index is 500. The van der Waals surface area contributed by atoms with Crippen LogP contribution in [0.15, 0.2) is 12.3 Å². The first-order valence-corrected chi connectivity index (χ1v) is 5.88. The number of carboxylic acid groups (broad SMARTS) is 1. The lowest BCUT2D eigenvalue weighted by molar-refractivity contribution is -0.384. The number of hydrogen-bond acceptors (Lipinski definition) is 5. The molecule has 0 radical (unpaired) electrons. The number of aromatic carboxylic acids is 1. The minimum absolute atomic E-state index is 0.0268. The molecule has 2 N–H and O–H groups in total. The molecular formula is C12H17N3O4. The van der Waals surface area contributed by atoms with Crippen LogP contribution < -0.4 is 5.32 Å². The monoisotopic (exact) mass is 267 g/mol. The molecule has 7 nitrogen and oxygen atoms in total. The molecule has 0 fully saturated rings. The third kappa shape index (κ3) is 3.90. The summed E-state index contributed by atoms with van der Waals surface area (Å²) in [6.45, 7) is 6.59. The van der Waals surface area contributed by atoms with E-state index < -0.39 is 10.9 Å². The lowest BCUT2D eigenvalue weighted by Crippen LogP contribution is -2.23. The highest BCUT2D eigenvalue weighted by Gasteiger charge is 2.21. The van der Waals surface area contributed by atoms with Crippen LogP contribution in [-0.2, 0) is 0 Å². The van der Waals surface area contributed by atoms with Crippen LogP contribution in [0.4, 0.5) is 11.5 Å². The van der Waals surface area contributed by atoms with Gasteiger partial charge in [0, 0.05) is 18.8 Å². The predicted octanol–water partition coefficient (Wildman–Crippen LogP) is 2.54. The maximum atomic E-state index is 10.9. The van der Waals surface area contributed by atoms with Gasteiger partial charge in [-0.3, -0.25) is 10.1 Å². The Labute approximate surface area is 110 Å². The van der Waals surface area contributed by atoms with Gasteiger partial charge in [-0.25, -0.2) is 9.78 Å². The second-order valence-electron chi connectivity index (χ2n) is 5.03. The van der Waals surface area contributed by atoms with Crippen molar-refractivity contribution in [3.8, 4) is 0 Å². The number of carboxylic acids is 1. The van der Waals surface area contributed by atoms with Crippen LogP contribution in [0, 0.1) is 15.5 Å². The van der Waals surface area contributed by atoms with Gasteiger partial charge in [0.05, 0.1) is 10.5 Å². The molecule has 1 rings (SSSR count). The van der Waals surface area contributed by atoms with E-state index in [4.69, 9.17) is 5.11 Å². The number of aromatic nitrogens is 1. The molecule has 0 aliphatic rings. The van der Waals surface area contributed by atoms with E-state index in [1.165, 1.54) is 0 Å². The van der Waals surface area contributed by atoms with Crippen LogP contribution in [0.2, 0.25) is 0 Å². The highest BCUT2D eigenvalue weighted by Crippen LogP contribution is 2.26. The van der Waals surface area contributed by atoms with Gasteiger partial charge in [-0.15, -0.1) is 0 Å². The molecule has 104 valence electrons. The van der Waals surface area contributed by atoms with Crippen molar-refractivity contribution in [1.29, 1.82) is 0 Å². The van der Waals surface area contributed by atoms with E-state index in [9.17, 15) is 14.9 Å². The normalized spacial score (nSPS) is 11.1. The molecule has 7 heteroatoms. The summed E-state index contributed by atoms with van der Waals surface area (Å²) in [7, 11) is 0. The van der Waals surface area contributed by atoms with Crippen molar-refractivity contribution in [2.45, 2.75) is 27.2 Å². The average molecular weight is 267 g/mol. The maximum absolute atomic E-state index is 10.9. The lowest BCUT2D eigenvalue weighted by Gasteiger charge is -2.23. The summed E-state index contributed by atoms with van der Waals surface area (Å²) in [5, 5.41) is 22.6. The van der Waals surface area contributed by atoms with Crippen LogP contribution in [-0.4, -0.2) is 27.5 Å². The molecule has 0 bridgehead atoms. The van der Waals surface area contributed by atoms with E-state index in [-0.39, 0.29) is 22.5 Å². The molecule has 0 amide bonds. The Kier molecular flexibility index (Phi) is 4.42. The Morgan fingerprint density at radius 1 is 1.58 bits per heavy atom. The molecule has 0 saturated carbocycles. The number of rotatable bonds is 6. The number of anilines is 1. The van der Waals surface area contributed by atoms with Gasteiger partial charge in [-0.1, -0.05) is 20.8 Å². The summed E-state index contributed by atoms with van der Waals surface area (Å²) < 4.78 is 0. The first-order chi connectivity index (χ1) is 8.76. The molecule has 0 aliphatic carbocycles. The summed E-state index contributed by atoms with van der Waals surface area (Å²) in [5.74, 6) is -1.15. The number of hydrogen-bond donors (Lipinski definition) is 2. The molecule has 0 aromatic carbocycles. The van der Waals surface area contributed by atoms with Gasteiger partial charge in [0.25, 0.3) is 0 Å². The molecule has 1 aromatic heterocycles. The average Bonchev–Trinajstić information content (AvgIpc) is 2.36. The van der Waals surface area contributed by atoms with Gasteiger partial charge in [-0.05, 0) is 11.8 Å². The summed E-state index contributed by atoms with van der Waals surface area (Å²) in [5.41, 5.74) is -0.556. The second kappa shape index (κ2) is 5.64. The van der Waals surface area contributed by atoms with Crippen molar-refractivity contribution in [2.75, 3.05) is 11.9 Å². The van der Waals surface area contributed by atoms with Crippen molar-refractivity contribution >= 4 is 17.5 Å². The molecule has 0 unspecified atom stereocenters. The predicted molar refractivity (Wildman–Crippen MR) is 70.4 cm³/mol. The Balaban J connectivity index is 3.01. The van der Waals surface area contributed by atoms with Crippen LogP contribution in [0.25, 0.3) is 0 Å². The van der Waals surface area contributed by atoms with Crippen molar-refractivity contribution < 1.29 is 14.8 Å². The van der Waals surface area contributed by atoms with E-state index in [1.807, 2.05) is 20.8 Å². The lowest BCUT2D eigenvalue weighted by atomic mass is 9.90. The van der Waals surface area contributed by atoms with Crippen LogP contribution in [0.1, 0.15) is 37.6 Å². The third-order valence-electron chi connectivity index (χ3n) is 3.00. The SMILES string of the molecule is CCC(C)(C)CNc1ncc(C(=O)O)cc1[N+](=O)[O-]. The molecule has 0 aliphatic heterocycles. The van der Waals surface area contributed by atoms with Gasteiger partial charge in [-0.2, -0.15) is 0 Å². The molecule has 19 heavy (non-hydrogen) atoms. The smallest absolute Gasteiger partial charge is 0.337 e. The summed E-state index contributed by atoms with van der Waals surface area (Å²) >= 11 is 0. The number of pyridine rings is 1. The maximum Gasteiger partial charge on any atom is 0.337 e. The van der Waals surface area contributed by atoms with E-state index in [0.717, 1.165) is 18.7 Å². The quantitative estimate of drug-likeness (QED) is 0.606. The van der Waals surface area contributed by atoms with Crippen LogP contribution in [0.3, 0.4) is 0 Å². The van der Waals surface area contributed by atoms with E-state index >= 15 is 0 Å². The van der Waals surface area contributed by atoms with Gasteiger partial charge in [0.2, 0.25) is 5.82 Å². The number of nitrogens with zero attached hydrogens (tertiary/aromatic N) is 2. The molecule has 0 atom stereocenters. The Hall–Kier alpha value is -2.18. The number of nitrogens with one attached hydrogen (secondary N) is 1. The largest absolute Gasteiger partial charge is 0.478 e. The Morgan fingerprint density at radius 3 is 2.68 bits per heavy atom. The number of carbonyl (C=O) groups is 1. The molecule has 0 saturated heterocycles. The molecule has 0 spiro atoms. The van der Waals surface area contributed by atoms with Crippen molar-refractivity contribution in [2.24, 2.45) is 5.41 Å². The van der Waals surface area contributed by atoms with Gasteiger partial charge >= 0.3 is 11.7 Å². The topological polar surface area (TPSA) is 105 Å². The zero-order chi connectivity index (χ0) is 14.6. The van der Waals surface area contributed by atoms with Crippen LogP contribution >= 0.6 is 0 Å². The minimum atomic E-state index is -1.24. The second-order valence-corrected chi connectivity index (χ2v) is 5.03. The highest BCUT2D eigenvalue weighted by molar-refractivity contribution is 5.88. The standard InChI is InChI=1S/C12H17N3O4/c1-4-12(2,3)7-14-10-9(15(18)19)5-8(6-13-10)11(16)17/h5-6H,4,7H2,1-3H3,(H,13,14)(H,16,17). The summed E-state index contributed by atoms with van der Waals surface area (Å²) in [6.07, 6.45) is 2.01. The van der Waals surface area contributed by atoms with Crippen molar-refractivity contribution in [3.05, 3.63) is 27.9 Å². The first kappa shape index (κ1) is 14.9. The van der Waals surface area contributed by atoms with Gasteiger partial charge in [0.15, 0.2) is 0 Å². The molecule has 1 heterocycles. The minimum Gasteiger partial charge on any atom is -0.478 e. The first-order valence-electron chi connectivity index (χ1n) is 5.88. The zero-order valence-electron chi connectivity index (χ0n) is 11.1. The van der Waals surface area contributed by atoms with Crippen LogP contribution in [0.5, 0.6) is 0 Å². The van der Waals surface area contributed by atoms with Crippen molar-refractivity contribution in [3.63, 3.8) is 0 Å². The van der Waals surface area contributed by atoms with E-state index in [2.05, 4.69) is 10.3 Å². The summed E-state index contributed by atoms with van der Waals surface area (Å²) in [4.78, 5) is 24.9. The third-order valence-corrected chi connectivity index (χ3v) is 3.00. The highest BCUT2D eigenvalue weighted by atomic mass is 16.6. The fraction of sp³-hybridized carbons (Fsp3) is 0.500. The fourth-order valence-electron chi connectivity index (χ4n) is 1.29.